The van der Waals surface area contributed by atoms with Gasteiger partial charge in [0.2, 0.25) is 0 Å². The molecule has 0 saturated carbocycles. The van der Waals surface area contributed by atoms with Crippen molar-refractivity contribution in [3.63, 3.8) is 0 Å². The van der Waals surface area contributed by atoms with E-state index in [9.17, 15) is 4.79 Å². The van der Waals surface area contributed by atoms with Crippen LogP contribution < -0.4 is 5.32 Å². The van der Waals surface area contributed by atoms with Crippen LogP contribution in [-0.4, -0.2) is 11.9 Å². The largest absolute Gasteiger partial charge is 0.349 e. The Hall–Kier alpha value is -2.09. The van der Waals surface area contributed by atoms with E-state index < -0.39 is 0 Å². The lowest BCUT2D eigenvalue weighted by Crippen LogP contribution is -2.35. The Kier molecular flexibility index (Phi) is 4.94. The van der Waals surface area contributed by atoms with E-state index in [1.807, 2.05) is 49.4 Å². The summed E-state index contributed by atoms with van der Waals surface area (Å²) in [5.41, 5.74) is 3.14. The van der Waals surface area contributed by atoms with E-state index in [1.54, 1.807) is 0 Å². The number of hydrogen-bond acceptors (Lipinski definition) is 1. The van der Waals surface area contributed by atoms with E-state index in [-0.39, 0.29) is 11.9 Å². The third kappa shape index (κ3) is 3.95. The highest BCUT2D eigenvalue weighted by atomic mass is 16.1. The van der Waals surface area contributed by atoms with Crippen LogP contribution in [0, 0.1) is 6.92 Å². The van der Waals surface area contributed by atoms with Crippen LogP contribution in [0.2, 0.25) is 0 Å². The molecule has 2 nitrogen and oxygen atoms in total. The van der Waals surface area contributed by atoms with E-state index in [1.165, 1.54) is 5.56 Å². The number of benzene rings is 2. The molecule has 2 aromatic carbocycles. The van der Waals surface area contributed by atoms with E-state index in [0.717, 1.165) is 24.0 Å². The summed E-state index contributed by atoms with van der Waals surface area (Å²) in [5, 5.41) is 3.11. The minimum atomic E-state index is 0.00720. The van der Waals surface area contributed by atoms with Gasteiger partial charge in [-0.1, -0.05) is 55.0 Å². The summed E-state index contributed by atoms with van der Waals surface area (Å²) in [6.07, 6.45) is 1.79. The lowest BCUT2D eigenvalue weighted by molar-refractivity contribution is 0.0936. The summed E-state index contributed by atoms with van der Waals surface area (Å²) in [4.78, 5) is 12.2. The van der Waals surface area contributed by atoms with Gasteiger partial charge in [0.25, 0.3) is 5.91 Å². The zero-order valence-electron chi connectivity index (χ0n) is 12.1. The second-order valence-corrected chi connectivity index (χ2v) is 5.13. The van der Waals surface area contributed by atoms with Gasteiger partial charge < -0.3 is 5.32 Å². The average molecular weight is 267 g/mol. The number of hydrogen-bond donors (Lipinski definition) is 1. The molecule has 0 unspecified atom stereocenters. The maximum absolute atomic E-state index is 12.2. The molecule has 1 N–H and O–H groups in total. The molecule has 2 rings (SSSR count). The average Bonchev–Trinajstić information content (AvgIpc) is 2.48. The van der Waals surface area contributed by atoms with Crippen molar-refractivity contribution in [2.45, 2.75) is 32.7 Å². The van der Waals surface area contributed by atoms with Gasteiger partial charge in [-0.25, -0.2) is 0 Å². The van der Waals surface area contributed by atoms with E-state index in [2.05, 4.69) is 24.4 Å². The van der Waals surface area contributed by atoms with Crippen LogP contribution in [-0.2, 0) is 6.42 Å². The SMILES string of the molecule is CC[C@@H](Cc1ccccc1)NC(=O)c1ccc(C)cc1. The summed E-state index contributed by atoms with van der Waals surface area (Å²) in [6, 6.07) is 18.1. The molecule has 0 radical (unpaired) electrons. The Morgan fingerprint density at radius 3 is 2.30 bits per heavy atom. The maximum Gasteiger partial charge on any atom is 0.251 e. The first kappa shape index (κ1) is 14.3. The lowest BCUT2D eigenvalue weighted by Gasteiger charge is -2.17. The van der Waals surface area contributed by atoms with Crippen molar-refractivity contribution in [1.29, 1.82) is 0 Å². The minimum Gasteiger partial charge on any atom is -0.349 e. The molecule has 0 heterocycles. The number of aryl methyl sites for hydroxylation is 1. The summed E-state index contributed by atoms with van der Waals surface area (Å²) in [5.74, 6) is 0.00720. The van der Waals surface area contributed by atoms with Gasteiger partial charge in [0, 0.05) is 11.6 Å². The normalized spacial score (nSPS) is 11.9. The number of rotatable bonds is 5. The molecule has 0 aliphatic heterocycles. The van der Waals surface area contributed by atoms with Crippen molar-refractivity contribution in [1.82, 2.24) is 5.32 Å². The van der Waals surface area contributed by atoms with Crippen LogP contribution in [0.25, 0.3) is 0 Å². The number of amides is 1. The standard InChI is InChI=1S/C18H21NO/c1-3-17(13-15-7-5-4-6-8-15)19-18(20)16-11-9-14(2)10-12-16/h4-12,17H,3,13H2,1-2H3,(H,19,20)/t17-/m0/s1. The molecule has 0 aliphatic rings. The molecule has 2 aromatic rings. The zero-order valence-corrected chi connectivity index (χ0v) is 12.1. The van der Waals surface area contributed by atoms with Crippen LogP contribution in [0.15, 0.2) is 54.6 Å². The van der Waals surface area contributed by atoms with Crippen LogP contribution in [0.5, 0.6) is 0 Å². The fraction of sp³-hybridized carbons (Fsp3) is 0.278. The van der Waals surface area contributed by atoms with Crippen molar-refractivity contribution in [3.8, 4) is 0 Å². The van der Waals surface area contributed by atoms with Gasteiger partial charge in [0.05, 0.1) is 0 Å². The van der Waals surface area contributed by atoms with Gasteiger partial charge in [-0.2, -0.15) is 0 Å². The second-order valence-electron chi connectivity index (χ2n) is 5.13. The van der Waals surface area contributed by atoms with E-state index in [0.29, 0.717) is 0 Å². The van der Waals surface area contributed by atoms with Gasteiger partial charge in [-0.15, -0.1) is 0 Å². The molecule has 0 fully saturated rings. The van der Waals surface area contributed by atoms with E-state index in [4.69, 9.17) is 0 Å². The molecule has 1 amide bonds. The predicted octanol–water partition coefficient (Wildman–Crippen LogP) is 3.75. The highest BCUT2D eigenvalue weighted by molar-refractivity contribution is 5.94. The van der Waals surface area contributed by atoms with E-state index >= 15 is 0 Å². The lowest BCUT2D eigenvalue weighted by atomic mass is 10.0. The quantitative estimate of drug-likeness (QED) is 0.878. The molecule has 0 aromatic heterocycles. The number of carbonyl (C=O) groups excluding carboxylic acids is 1. The Morgan fingerprint density at radius 2 is 1.70 bits per heavy atom. The molecule has 0 aliphatic carbocycles. The monoisotopic (exact) mass is 267 g/mol. The molecular weight excluding hydrogens is 246 g/mol. The second kappa shape index (κ2) is 6.90. The summed E-state index contributed by atoms with van der Waals surface area (Å²) in [7, 11) is 0. The molecule has 0 saturated heterocycles. The highest BCUT2D eigenvalue weighted by Crippen LogP contribution is 2.08. The Balaban J connectivity index is 1.99. The van der Waals surface area contributed by atoms with Crippen molar-refractivity contribution in [2.75, 3.05) is 0 Å². The van der Waals surface area contributed by atoms with Crippen molar-refractivity contribution >= 4 is 5.91 Å². The summed E-state index contributed by atoms with van der Waals surface area (Å²) < 4.78 is 0. The summed E-state index contributed by atoms with van der Waals surface area (Å²) >= 11 is 0. The molecule has 0 spiro atoms. The number of nitrogens with one attached hydrogen (secondary N) is 1. The first-order chi connectivity index (χ1) is 9.69. The molecule has 2 heteroatoms. The third-order valence-electron chi connectivity index (χ3n) is 3.47. The van der Waals surface area contributed by atoms with Gasteiger partial charge in [0.15, 0.2) is 0 Å². The van der Waals surface area contributed by atoms with Crippen molar-refractivity contribution in [3.05, 3.63) is 71.3 Å². The molecular formula is C18H21NO. The Morgan fingerprint density at radius 1 is 1.05 bits per heavy atom. The first-order valence-corrected chi connectivity index (χ1v) is 7.10. The molecule has 20 heavy (non-hydrogen) atoms. The maximum atomic E-state index is 12.2. The van der Waals surface area contributed by atoms with Crippen LogP contribution in [0.1, 0.15) is 34.8 Å². The summed E-state index contributed by atoms with van der Waals surface area (Å²) in [6.45, 7) is 4.12. The fourth-order valence-corrected chi connectivity index (χ4v) is 2.17. The van der Waals surface area contributed by atoms with Crippen LogP contribution in [0.4, 0.5) is 0 Å². The third-order valence-corrected chi connectivity index (χ3v) is 3.47. The molecule has 0 bridgehead atoms. The van der Waals surface area contributed by atoms with Gasteiger partial charge in [0.1, 0.15) is 0 Å². The molecule has 104 valence electrons. The van der Waals surface area contributed by atoms with Gasteiger partial charge in [-0.05, 0) is 37.5 Å². The van der Waals surface area contributed by atoms with Crippen LogP contribution in [0.3, 0.4) is 0 Å². The topological polar surface area (TPSA) is 29.1 Å². The Labute approximate surface area is 120 Å². The number of carbonyl (C=O) groups is 1. The molecule has 1 atom stereocenters. The predicted molar refractivity (Wildman–Crippen MR) is 82.9 cm³/mol. The Bertz CT molecular complexity index is 545. The van der Waals surface area contributed by atoms with Crippen LogP contribution >= 0.6 is 0 Å². The first-order valence-electron chi connectivity index (χ1n) is 7.10. The van der Waals surface area contributed by atoms with Crippen molar-refractivity contribution < 1.29 is 4.79 Å². The smallest absolute Gasteiger partial charge is 0.251 e. The fourth-order valence-electron chi connectivity index (χ4n) is 2.17. The highest BCUT2D eigenvalue weighted by Gasteiger charge is 2.12. The van der Waals surface area contributed by atoms with Gasteiger partial charge >= 0.3 is 0 Å². The minimum absolute atomic E-state index is 0.00720. The van der Waals surface area contributed by atoms with Gasteiger partial charge in [-0.3, -0.25) is 4.79 Å². The van der Waals surface area contributed by atoms with Crippen molar-refractivity contribution in [2.24, 2.45) is 0 Å². The zero-order chi connectivity index (χ0) is 14.4.